The average Bonchev–Trinajstić information content (AvgIpc) is 2.95. The second-order valence-corrected chi connectivity index (χ2v) is 7.53. The zero-order valence-electron chi connectivity index (χ0n) is 14.9. The SMILES string of the molecule is CCOC(=O)NC(C)(C)CNC(=O)C1SC(c2cccnc2)=NC1C. The van der Waals surface area contributed by atoms with Crippen LogP contribution in [0.25, 0.3) is 0 Å². The molecule has 2 rings (SSSR count). The summed E-state index contributed by atoms with van der Waals surface area (Å²) in [6, 6.07) is 3.65. The summed E-state index contributed by atoms with van der Waals surface area (Å²) in [7, 11) is 0. The Kier molecular flexibility index (Phi) is 6.41. The molecular formula is C17H24N4O3S. The van der Waals surface area contributed by atoms with E-state index in [1.165, 1.54) is 11.8 Å². The fourth-order valence-electron chi connectivity index (χ4n) is 2.30. The van der Waals surface area contributed by atoms with Crippen molar-refractivity contribution >= 4 is 28.8 Å². The maximum absolute atomic E-state index is 12.5. The molecule has 25 heavy (non-hydrogen) atoms. The Labute approximate surface area is 152 Å². The number of hydrogen-bond donors (Lipinski definition) is 2. The fourth-order valence-corrected chi connectivity index (χ4v) is 3.48. The molecule has 0 radical (unpaired) electrons. The summed E-state index contributed by atoms with van der Waals surface area (Å²) in [4.78, 5) is 32.7. The number of carbonyl (C=O) groups excluding carboxylic acids is 2. The first-order chi connectivity index (χ1) is 11.8. The minimum absolute atomic E-state index is 0.0983. The largest absolute Gasteiger partial charge is 0.450 e. The van der Waals surface area contributed by atoms with Crippen molar-refractivity contribution in [3.8, 4) is 0 Å². The molecule has 0 spiro atoms. The number of alkyl carbamates (subject to hydrolysis) is 1. The van der Waals surface area contributed by atoms with Gasteiger partial charge in [0.05, 0.1) is 18.2 Å². The molecule has 0 aromatic carbocycles. The van der Waals surface area contributed by atoms with Crippen LogP contribution < -0.4 is 10.6 Å². The van der Waals surface area contributed by atoms with Gasteiger partial charge in [-0.15, -0.1) is 0 Å². The molecule has 2 unspecified atom stereocenters. The normalized spacial score (nSPS) is 19.9. The van der Waals surface area contributed by atoms with Crippen LogP contribution in [0, 0.1) is 0 Å². The van der Waals surface area contributed by atoms with Crippen molar-refractivity contribution in [2.45, 2.75) is 44.5 Å². The van der Waals surface area contributed by atoms with E-state index in [9.17, 15) is 9.59 Å². The molecule has 136 valence electrons. The minimum atomic E-state index is -0.610. The van der Waals surface area contributed by atoms with Crippen LogP contribution in [0.4, 0.5) is 4.79 Å². The first kappa shape index (κ1) is 19.2. The van der Waals surface area contributed by atoms with Gasteiger partial charge >= 0.3 is 6.09 Å². The van der Waals surface area contributed by atoms with E-state index >= 15 is 0 Å². The van der Waals surface area contributed by atoms with E-state index in [1.807, 2.05) is 32.9 Å². The van der Waals surface area contributed by atoms with E-state index in [0.29, 0.717) is 13.2 Å². The highest BCUT2D eigenvalue weighted by molar-refractivity contribution is 8.15. The van der Waals surface area contributed by atoms with Gasteiger partial charge in [-0.1, -0.05) is 11.8 Å². The number of thioether (sulfide) groups is 1. The number of nitrogens with one attached hydrogen (secondary N) is 2. The molecule has 0 fully saturated rings. The summed E-state index contributed by atoms with van der Waals surface area (Å²) in [5, 5.41) is 6.15. The number of pyridine rings is 1. The van der Waals surface area contributed by atoms with Gasteiger partial charge in [0.2, 0.25) is 5.91 Å². The quantitative estimate of drug-likeness (QED) is 0.805. The summed E-state index contributed by atoms with van der Waals surface area (Å²) in [6.45, 7) is 7.92. The van der Waals surface area contributed by atoms with Gasteiger partial charge in [0.1, 0.15) is 10.3 Å². The molecule has 8 heteroatoms. The third-order valence-corrected chi connectivity index (χ3v) is 5.01. The molecule has 1 aliphatic rings. The lowest BCUT2D eigenvalue weighted by Gasteiger charge is -2.27. The van der Waals surface area contributed by atoms with Gasteiger partial charge in [0, 0.05) is 24.5 Å². The molecule has 1 aromatic rings. The Hall–Kier alpha value is -2.09. The maximum atomic E-state index is 12.5. The van der Waals surface area contributed by atoms with Gasteiger partial charge in [-0.25, -0.2) is 4.79 Å². The van der Waals surface area contributed by atoms with Crippen LogP contribution in [0.3, 0.4) is 0 Å². The zero-order valence-corrected chi connectivity index (χ0v) is 15.7. The summed E-state index contributed by atoms with van der Waals surface area (Å²) in [5.74, 6) is -0.0983. The predicted octanol–water partition coefficient (Wildman–Crippen LogP) is 1.97. The van der Waals surface area contributed by atoms with Crippen LogP contribution in [0.15, 0.2) is 29.5 Å². The summed E-state index contributed by atoms with van der Waals surface area (Å²) >= 11 is 1.44. The van der Waals surface area contributed by atoms with E-state index < -0.39 is 11.6 Å². The standard InChI is InChI=1S/C17H24N4O3S/c1-5-24-16(23)21-17(3,4)10-19-14(22)13-11(2)20-15(25-13)12-7-6-8-18-9-12/h6-9,11,13H,5,10H2,1-4H3,(H,19,22)(H,21,23). The molecule has 0 saturated carbocycles. The lowest BCUT2D eigenvalue weighted by atomic mass is 10.1. The number of nitrogens with zero attached hydrogens (tertiary/aromatic N) is 2. The van der Waals surface area contributed by atoms with E-state index in [2.05, 4.69) is 20.6 Å². The van der Waals surface area contributed by atoms with Gasteiger partial charge in [-0.05, 0) is 39.8 Å². The first-order valence-electron chi connectivity index (χ1n) is 8.20. The molecule has 1 aliphatic heterocycles. The number of hydrogen-bond acceptors (Lipinski definition) is 6. The van der Waals surface area contributed by atoms with Gasteiger partial charge < -0.3 is 15.4 Å². The highest BCUT2D eigenvalue weighted by atomic mass is 32.2. The Balaban J connectivity index is 1.88. The first-order valence-corrected chi connectivity index (χ1v) is 9.08. The molecular weight excluding hydrogens is 340 g/mol. The predicted molar refractivity (Wildman–Crippen MR) is 98.9 cm³/mol. The number of ether oxygens (including phenoxy) is 1. The number of amides is 2. The maximum Gasteiger partial charge on any atom is 0.407 e. The lowest BCUT2D eigenvalue weighted by Crippen LogP contribution is -2.53. The molecule has 0 saturated heterocycles. The van der Waals surface area contributed by atoms with Crippen molar-refractivity contribution in [3.05, 3.63) is 30.1 Å². The fraction of sp³-hybridized carbons (Fsp3) is 0.529. The van der Waals surface area contributed by atoms with Crippen LogP contribution in [0.5, 0.6) is 0 Å². The Morgan fingerprint density at radius 2 is 2.16 bits per heavy atom. The third-order valence-electron chi connectivity index (χ3n) is 3.58. The van der Waals surface area contributed by atoms with Gasteiger partial charge in [0.15, 0.2) is 0 Å². The third kappa shape index (κ3) is 5.45. The molecule has 2 heterocycles. The number of aliphatic imine (C=N–C) groups is 1. The van der Waals surface area contributed by atoms with Crippen LogP contribution in [-0.2, 0) is 9.53 Å². The molecule has 0 aliphatic carbocycles. The van der Waals surface area contributed by atoms with Gasteiger partial charge in [-0.2, -0.15) is 0 Å². The number of rotatable bonds is 6. The van der Waals surface area contributed by atoms with Crippen molar-refractivity contribution in [1.82, 2.24) is 15.6 Å². The number of aromatic nitrogens is 1. The van der Waals surface area contributed by atoms with Gasteiger partial charge in [0.25, 0.3) is 0 Å². The highest BCUT2D eigenvalue weighted by Gasteiger charge is 2.34. The molecule has 1 aromatic heterocycles. The molecule has 2 amide bonds. The molecule has 2 N–H and O–H groups in total. The van der Waals surface area contributed by atoms with Crippen molar-refractivity contribution in [2.24, 2.45) is 4.99 Å². The highest BCUT2D eigenvalue weighted by Crippen LogP contribution is 2.30. The topological polar surface area (TPSA) is 92.7 Å². The molecule has 7 nitrogen and oxygen atoms in total. The lowest BCUT2D eigenvalue weighted by molar-refractivity contribution is -0.121. The summed E-state index contributed by atoms with van der Waals surface area (Å²) in [6.07, 6.45) is 2.95. The van der Waals surface area contributed by atoms with E-state index in [-0.39, 0.29) is 17.2 Å². The van der Waals surface area contributed by atoms with Crippen molar-refractivity contribution in [1.29, 1.82) is 0 Å². The monoisotopic (exact) mass is 364 g/mol. The van der Waals surface area contributed by atoms with E-state index in [4.69, 9.17) is 4.74 Å². The summed E-state index contributed by atoms with van der Waals surface area (Å²) < 4.78 is 4.87. The smallest absolute Gasteiger partial charge is 0.407 e. The zero-order chi connectivity index (χ0) is 18.4. The van der Waals surface area contributed by atoms with E-state index in [1.54, 1.807) is 19.3 Å². The Morgan fingerprint density at radius 3 is 2.80 bits per heavy atom. The summed E-state index contributed by atoms with van der Waals surface area (Å²) in [5.41, 5.74) is 0.306. The van der Waals surface area contributed by atoms with E-state index in [0.717, 1.165) is 10.6 Å². The van der Waals surface area contributed by atoms with Crippen molar-refractivity contribution in [3.63, 3.8) is 0 Å². The molecule has 2 atom stereocenters. The molecule has 0 bridgehead atoms. The average molecular weight is 364 g/mol. The second-order valence-electron chi connectivity index (χ2n) is 6.40. The van der Waals surface area contributed by atoms with Gasteiger partial charge in [-0.3, -0.25) is 14.8 Å². The number of carbonyl (C=O) groups is 2. The van der Waals surface area contributed by atoms with Crippen molar-refractivity contribution < 1.29 is 14.3 Å². The van der Waals surface area contributed by atoms with Crippen LogP contribution in [-0.4, -0.2) is 52.0 Å². The second kappa shape index (κ2) is 8.33. The van der Waals surface area contributed by atoms with Crippen LogP contribution >= 0.6 is 11.8 Å². The minimum Gasteiger partial charge on any atom is -0.450 e. The Morgan fingerprint density at radius 1 is 1.40 bits per heavy atom. The van der Waals surface area contributed by atoms with Crippen LogP contribution in [0.2, 0.25) is 0 Å². The van der Waals surface area contributed by atoms with Crippen LogP contribution in [0.1, 0.15) is 33.3 Å². The Bertz CT molecular complexity index is 649. The van der Waals surface area contributed by atoms with Crippen molar-refractivity contribution in [2.75, 3.05) is 13.2 Å².